The number of aliphatic carboxylic acids is 1. The molecular formula is C11H10N2O3. The normalized spacial score (nSPS) is 10.5. The Bertz CT molecular complexity index is 545. The fraction of sp³-hybridized carbons (Fsp3) is 0.182. The van der Waals surface area contributed by atoms with E-state index in [-0.39, 0.29) is 18.6 Å². The molecule has 2 aromatic rings. The van der Waals surface area contributed by atoms with Crippen LogP contribution in [0.4, 0.5) is 0 Å². The number of Topliss-reactive ketones (excluding diaryl/α,β-unsaturated/α-hetero) is 1. The number of imidazole rings is 1. The second kappa shape index (κ2) is 4.14. The van der Waals surface area contributed by atoms with E-state index in [4.69, 9.17) is 5.11 Å². The average molecular weight is 218 g/mol. The summed E-state index contributed by atoms with van der Waals surface area (Å²) >= 11 is 0. The predicted molar refractivity (Wildman–Crippen MR) is 57.3 cm³/mol. The molecule has 82 valence electrons. The van der Waals surface area contributed by atoms with E-state index in [1.165, 1.54) is 0 Å². The minimum Gasteiger partial charge on any atom is -0.481 e. The number of ketones is 1. The molecule has 0 amide bonds. The quantitative estimate of drug-likeness (QED) is 0.763. The predicted octanol–water partition coefficient (Wildman–Crippen LogP) is 1.61. The molecule has 0 fully saturated rings. The molecule has 0 saturated carbocycles. The van der Waals surface area contributed by atoms with Crippen LogP contribution in [0, 0.1) is 0 Å². The van der Waals surface area contributed by atoms with Crippen molar-refractivity contribution in [2.24, 2.45) is 0 Å². The van der Waals surface area contributed by atoms with Gasteiger partial charge in [0.2, 0.25) is 0 Å². The van der Waals surface area contributed by atoms with E-state index < -0.39 is 5.97 Å². The number of nitrogens with one attached hydrogen (secondary N) is 1. The maximum atomic E-state index is 11.6. The fourth-order valence-electron chi connectivity index (χ4n) is 1.47. The van der Waals surface area contributed by atoms with E-state index in [9.17, 15) is 9.59 Å². The average Bonchev–Trinajstić information content (AvgIpc) is 2.72. The first-order valence-electron chi connectivity index (χ1n) is 4.85. The molecule has 0 radical (unpaired) electrons. The summed E-state index contributed by atoms with van der Waals surface area (Å²) in [4.78, 5) is 28.9. The summed E-state index contributed by atoms with van der Waals surface area (Å²) in [6.07, 6.45) is 1.43. The second-order valence-corrected chi connectivity index (χ2v) is 3.45. The first kappa shape index (κ1) is 10.4. The van der Waals surface area contributed by atoms with Gasteiger partial charge in [0.1, 0.15) is 0 Å². The number of nitrogens with zero attached hydrogens (tertiary/aromatic N) is 1. The number of carbonyl (C=O) groups is 2. The minimum absolute atomic E-state index is 0.0191. The number of hydrogen-bond acceptors (Lipinski definition) is 3. The molecule has 0 saturated heterocycles. The highest BCUT2D eigenvalue weighted by Crippen LogP contribution is 2.13. The van der Waals surface area contributed by atoms with Gasteiger partial charge in [-0.1, -0.05) is 0 Å². The number of carbonyl (C=O) groups excluding carboxylic acids is 1. The number of aromatic nitrogens is 2. The smallest absolute Gasteiger partial charge is 0.303 e. The molecule has 1 aromatic heterocycles. The van der Waals surface area contributed by atoms with Crippen LogP contribution in [0.25, 0.3) is 11.0 Å². The number of benzene rings is 1. The van der Waals surface area contributed by atoms with Gasteiger partial charge in [-0.15, -0.1) is 0 Å². The van der Waals surface area contributed by atoms with Crippen molar-refractivity contribution in [3.8, 4) is 0 Å². The van der Waals surface area contributed by atoms with Gasteiger partial charge in [-0.05, 0) is 18.2 Å². The van der Waals surface area contributed by atoms with Crippen molar-refractivity contribution in [2.75, 3.05) is 0 Å². The molecule has 16 heavy (non-hydrogen) atoms. The zero-order valence-corrected chi connectivity index (χ0v) is 8.43. The Morgan fingerprint density at radius 2 is 2.12 bits per heavy atom. The summed E-state index contributed by atoms with van der Waals surface area (Å²) in [6.45, 7) is 0. The third-order valence-corrected chi connectivity index (χ3v) is 2.31. The number of H-pyrrole nitrogens is 1. The summed E-state index contributed by atoms with van der Waals surface area (Å²) < 4.78 is 0. The van der Waals surface area contributed by atoms with Crippen LogP contribution in [0.1, 0.15) is 23.2 Å². The number of carboxylic acids is 1. The first-order valence-corrected chi connectivity index (χ1v) is 4.85. The van der Waals surface area contributed by atoms with Crippen LogP contribution in [0.3, 0.4) is 0 Å². The highest BCUT2D eigenvalue weighted by molar-refractivity contribution is 5.99. The number of fused-ring (bicyclic) bond motifs is 1. The van der Waals surface area contributed by atoms with Crippen molar-refractivity contribution >= 4 is 22.8 Å². The SMILES string of the molecule is O=C(O)CCC(=O)c1ccc2[nH]cnc2c1. The lowest BCUT2D eigenvalue weighted by Gasteiger charge is -1.98. The standard InChI is InChI=1S/C11H10N2O3/c14-10(3-4-11(15)16)7-1-2-8-9(5-7)13-6-12-8/h1-2,5-6H,3-4H2,(H,12,13)(H,15,16). The first-order chi connectivity index (χ1) is 7.66. The Balaban J connectivity index is 2.19. The molecule has 0 bridgehead atoms. The zero-order chi connectivity index (χ0) is 11.5. The highest BCUT2D eigenvalue weighted by Gasteiger charge is 2.09. The van der Waals surface area contributed by atoms with Gasteiger partial charge < -0.3 is 10.1 Å². The van der Waals surface area contributed by atoms with Gasteiger partial charge in [0.25, 0.3) is 0 Å². The molecule has 2 N–H and O–H groups in total. The Labute approximate surface area is 91.1 Å². The van der Waals surface area contributed by atoms with Crippen LogP contribution >= 0.6 is 0 Å². The largest absolute Gasteiger partial charge is 0.481 e. The summed E-state index contributed by atoms with van der Waals surface area (Å²) in [5.41, 5.74) is 2.07. The minimum atomic E-state index is -0.964. The maximum Gasteiger partial charge on any atom is 0.303 e. The van der Waals surface area contributed by atoms with Crippen LogP contribution in [-0.2, 0) is 4.79 Å². The topological polar surface area (TPSA) is 83.0 Å². The van der Waals surface area contributed by atoms with Crippen molar-refractivity contribution in [3.63, 3.8) is 0 Å². The summed E-state index contributed by atoms with van der Waals surface area (Å²) in [6, 6.07) is 5.09. The van der Waals surface area contributed by atoms with Crippen molar-refractivity contribution in [1.82, 2.24) is 9.97 Å². The Morgan fingerprint density at radius 1 is 1.31 bits per heavy atom. The van der Waals surface area contributed by atoms with Gasteiger partial charge in [-0.2, -0.15) is 0 Å². The van der Waals surface area contributed by atoms with E-state index in [1.54, 1.807) is 24.5 Å². The number of carboxylic acid groups (broad SMARTS) is 1. The van der Waals surface area contributed by atoms with E-state index in [0.29, 0.717) is 11.1 Å². The molecule has 1 aromatic carbocycles. The molecule has 5 heteroatoms. The van der Waals surface area contributed by atoms with Crippen LogP contribution < -0.4 is 0 Å². The second-order valence-electron chi connectivity index (χ2n) is 3.45. The van der Waals surface area contributed by atoms with Gasteiger partial charge in [0.05, 0.1) is 23.8 Å². The van der Waals surface area contributed by atoms with Crippen LogP contribution in [0.5, 0.6) is 0 Å². The fourth-order valence-corrected chi connectivity index (χ4v) is 1.47. The molecule has 0 aliphatic rings. The summed E-state index contributed by atoms with van der Waals surface area (Å²) in [7, 11) is 0. The van der Waals surface area contributed by atoms with Crippen molar-refractivity contribution in [2.45, 2.75) is 12.8 Å². The number of aromatic amines is 1. The van der Waals surface area contributed by atoms with E-state index in [2.05, 4.69) is 9.97 Å². The van der Waals surface area contributed by atoms with Crippen molar-refractivity contribution in [1.29, 1.82) is 0 Å². The molecule has 0 unspecified atom stereocenters. The third kappa shape index (κ3) is 2.08. The van der Waals surface area contributed by atoms with Gasteiger partial charge in [-0.25, -0.2) is 4.98 Å². The molecule has 2 rings (SSSR count). The number of hydrogen-bond donors (Lipinski definition) is 2. The lowest BCUT2D eigenvalue weighted by atomic mass is 10.1. The molecule has 0 aliphatic heterocycles. The molecule has 0 atom stereocenters. The van der Waals surface area contributed by atoms with Gasteiger partial charge >= 0.3 is 5.97 Å². The molecule has 0 aliphatic carbocycles. The Hall–Kier alpha value is -2.17. The third-order valence-electron chi connectivity index (χ3n) is 2.31. The van der Waals surface area contributed by atoms with Gasteiger partial charge in [0, 0.05) is 12.0 Å². The Kier molecular flexibility index (Phi) is 2.68. The summed E-state index contributed by atoms with van der Waals surface area (Å²) in [5.74, 6) is -1.14. The van der Waals surface area contributed by atoms with Crippen LogP contribution in [0.15, 0.2) is 24.5 Å². The molecule has 5 nitrogen and oxygen atoms in total. The van der Waals surface area contributed by atoms with Crippen molar-refractivity contribution < 1.29 is 14.7 Å². The highest BCUT2D eigenvalue weighted by atomic mass is 16.4. The van der Waals surface area contributed by atoms with E-state index >= 15 is 0 Å². The van der Waals surface area contributed by atoms with Crippen LogP contribution in [0.2, 0.25) is 0 Å². The van der Waals surface area contributed by atoms with Crippen molar-refractivity contribution in [3.05, 3.63) is 30.1 Å². The van der Waals surface area contributed by atoms with Gasteiger partial charge in [-0.3, -0.25) is 9.59 Å². The summed E-state index contributed by atoms with van der Waals surface area (Å²) in [5, 5.41) is 8.48. The zero-order valence-electron chi connectivity index (χ0n) is 8.43. The maximum absolute atomic E-state index is 11.6. The number of rotatable bonds is 4. The lowest BCUT2D eigenvalue weighted by molar-refractivity contribution is -0.136. The van der Waals surface area contributed by atoms with Crippen LogP contribution in [-0.4, -0.2) is 26.8 Å². The van der Waals surface area contributed by atoms with Gasteiger partial charge in [0.15, 0.2) is 5.78 Å². The lowest BCUT2D eigenvalue weighted by Crippen LogP contribution is -2.03. The molecular weight excluding hydrogens is 208 g/mol. The molecule has 1 heterocycles. The van der Waals surface area contributed by atoms with E-state index in [1.807, 2.05) is 0 Å². The van der Waals surface area contributed by atoms with E-state index in [0.717, 1.165) is 5.52 Å². The Morgan fingerprint density at radius 3 is 2.88 bits per heavy atom. The monoisotopic (exact) mass is 218 g/mol. The molecule has 0 spiro atoms.